The highest BCUT2D eigenvalue weighted by Gasteiger charge is 2.44. The molecule has 58 heavy (non-hydrogen) atoms. The van der Waals surface area contributed by atoms with Gasteiger partial charge in [-0.25, -0.2) is 15.0 Å². The first kappa shape index (κ1) is 36.9. The summed E-state index contributed by atoms with van der Waals surface area (Å²) in [5, 5.41) is 4.53. The summed E-state index contributed by atoms with van der Waals surface area (Å²) < 4.78 is 20.3. The van der Waals surface area contributed by atoms with Crippen LogP contribution in [0.2, 0.25) is 0 Å². The van der Waals surface area contributed by atoms with Gasteiger partial charge in [0, 0.05) is 79.2 Å². The first-order chi connectivity index (χ1) is 28.3. The zero-order chi connectivity index (χ0) is 39.8. The number of carbonyl (C=O) groups is 4. The fraction of sp³-hybridized carbons (Fsp3) is 0.318. The number of piperidine rings is 1. The van der Waals surface area contributed by atoms with Gasteiger partial charge in [-0.15, -0.1) is 0 Å². The Morgan fingerprint density at radius 3 is 2.33 bits per heavy atom. The Labute approximate surface area is 333 Å². The largest absolute Gasteiger partial charge is 0.494 e. The van der Waals surface area contributed by atoms with Gasteiger partial charge in [0.25, 0.3) is 11.8 Å². The highest BCUT2D eigenvalue weighted by atomic mass is 16.5. The molecule has 6 heterocycles. The Kier molecular flexibility index (Phi) is 9.98. The van der Waals surface area contributed by atoms with Crippen molar-refractivity contribution in [1.82, 2.24) is 34.7 Å². The van der Waals surface area contributed by atoms with E-state index in [1.165, 1.54) is 5.39 Å². The lowest BCUT2D eigenvalue weighted by Gasteiger charge is -2.34. The second-order valence-electron chi connectivity index (χ2n) is 15.0. The fourth-order valence-electron chi connectivity index (χ4n) is 7.93. The molecule has 6 aromatic rings. The number of nitrogens with one attached hydrogen (secondary N) is 1. The zero-order valence-corrected chi connectivity index (χ0v) is 31.9. The smallest absolute Gasteiger partial charge is 0.262 e. The van der Waals surface area contributed by atoms with E-state index in [2.05, 4.69) is 55.1 Å². The number of rotatable bonds is 14. The number of aromatic nitrogens is 5. The topological polar surface area (TPSA) is 168 Å². The molecule has 2 aliphatic heterocycles. The Morgan fingerprint density at radius 1 is 0.724 bits per heavy atom. The predicted octanol–water partition coefficient (Wildman–Crippen LogP) is 6.15. The summed E-state index contributed by atoms with van der Waals surface area (Å²) in [5.74, 6) is 0.373. The van der Waals surface area contributed by atoms with Crippen LogP contribution in [0, 0.1) is 0 Å². The summed E-state index contributed by atoms with van der Waals surface area (Å²) in [7, 11) is 2.08. The van der Waals surface area contributed by atoms with Gasteiger partial charge in [0.1, 0.15) is 29.8 Å². The van der Waals surface area contributed by atoms with Crippen molar-refractivity contribution in [3.8, 4) is 28.5 Å². The number of imide groups is 2. The maximum absolute atomic E-state index is 13.0. The van der Waals surface area contributed by atoms with E-state index in [0.29, 0.717) is 24.0 Å². The van der Waals surface area contributed by atoms with E-state index in [9.17, 15) is 19.2 Å². The van der Waals surface area contributed by atoms with Crippen LogP contribution < -0.4 is 19.5 Å². The van der Waals surface area contributed by atoms with Crippen molar-refractivity contribution in [2.24, 2.45) is 7.05 Å². The van der Waals surface area contributed by atoms with Crippen molar-refractivity contribution >= 4 is 45.4 Å². The zero-order valence-electron chi connectivity index (χ0n) is 31.9. The number of carbonyl (C=O) groups excluding carboxylic acids is 4. The number of hydrogen-bond acceptors (Lipinski definition) is 11. The minimum Gasteiger partial charge on any atom is -0.494 e. The van der Waals surface area contributed by atoms with Crippen LogP contribution in [0.25, 0.3) is 32.9 Å². The van der Waals surface area contributed by atoms with E-state index in [1.807, 2.05) is 36.8 Å². The summed E-state index contributed by atoms with van der Waals surface area (Å²) in [5.41, 5.74) is 4.86. The second kappa shape index (κ2) is 15.7. The van der Waals surface area contributed by atoms with Crippen LogP contribution in [0.15, 0.2) is 85.6 Å². The summed E-state index contributed by atoms with van der Waals surface area (Å²) in [6, 6.07) is 16.2. The lowest BCUT2D eigenvalue weighted by atomic mass is 9.92. The van der Waals surface area contributed by atoms with Gasteiger partial charge in [-0.3, -0.25) is 34.4 Å². The molecule has 9 rings (SSSR count). The van der Waals surface area contributed by atoms with Crippen molar-refractivity contribution < 1.29 is 33.4 Å². The van der Waals surface area contributed by atoms with Crippen LogP contribution in [0.1, 0.15) is 77.9 Å². The van der Waals surface area contributed by atoms with Gasteiger partial charge >= 0.3 is 0 Å². The van der Waals surface area contributed by atoms with Crippen molar-refractivity contribution in [3.63, 3.8) is 0 Å². The monoisotopic (exact) mass is 779 g/mol. The van der Waals surface area contributed by atoms with Gasteiger partial charge < -0.3 is 18.8 Å². The Bertz CT molecular complexity index is 2550. The Hall–Kier alpha value is -6.70. The molecule has 2 fully saturated rings. The maximum Gasteiger partial charge on any atom is 0.262 e. The molecule has 3 aliphatic rings. The molecule has 1 atom stereocenters. The fourth-order valence-corrected chi connectivity index (χ4v) is 7.93. The molecule has 0 spiro atoms. The molecule has 0 radical (unpaired) electrons. The molecule has 14 nitrogen and oxygen atoms in total. The van der Waals surface area contributed by atoms with Crippen molar-refractivity contribution in [2.45, 2.75) is 76.0 Å². The number of aryl methyl sites for hydroxylation is 2. The van der Waals surface area contributed by atoms with Gasteiger partial charge in [0.2, 0.25) is 17.7 Å². The van der Waals surface area contributed by atoms with E-state index >= 15 is 0 Å². The normalized spacial score (nSPS) is 19.0. The van der Waals surface area contributed by atoms with E-state index in [1.54, 1.807) is 30.6 Å². The standard InChI is InChI=1S/C44H41N7O7/c1-50-36-15-16-45-25-35(36)32-10-7-26(18-38(32)50)27-8-14-41(48-22-27)58-30-19-29(20-30)57-31-23-46-39(47-24-31)6-4-2-3-5-17-56-28-9-11-33-34(21-28)44(55)51(43(33)54)37-12-13-40(52)49-42(37)53/h7-11,14-16,18,21-25,29-30,37H,2-6,12-13,17,19-20H2,1H3,(H,49,52,53)/t29-,30-,37?. The first-order valence-corrected chi connectivity index (χ1v) is 19.7. The van der Waals surface area contributed by atoms with E-state index in [-0.39, 0.29) is 36.2 Å². The third-order valence-corrected chi connectivity index (χ3v) is 11.2. The molecular weight excluding hydrogens is 739 g/mol. The van der Waals surface area contributed by atoms with Gasteiger partial charge in [-0.1, -0.05) is 25.0 Å². The third kappa shape index (κ3) is 7.33. The third-order valence-electron chi connectivity index (χ3n) is 11.2. The summed E-state index contributed by atoms with van der Waals surface area (Å²) in [6.45, 7) is 0.457. The van der Waals surface area contributed by atoms with Crippen LogP contribution in [-0.2, 0) is 23.1 Å². The SMILES string of the molecule is Cn1c2ccncc2c2ccc(-c3ccc(O[C@H]4C[C@H](Oc5cnc(CCCCCCOc6ccc7c(c6)C(=O)N(C6CCC(=O)NC6=O)C7=O)nc5)C4)nc3)cc21. The molecule has 4 aromatic heterocycles. The molecular formula is C44H41N7O7. The number of ether oxygens (including phenoxy) is 3. The van der Waals surface area contributed by atoms with E-state index in [4.69, 9.17) is 14.2 Å². The highest BCUT2D eigenvalue weighted by Crippen LogP contribution is 2.34. The van der Waals surface area contributed by atoms with Gasteiger partial charge in [0.15, 0.2) is 5.75 Å². The second-order valence-corrected chi connectivity index (χ2v) is 15.0. The number of hydrogen-bond donors (Lipinski definition) is 1. The van der Waals surface area contributed by atoms with Crippen molar-refractivity contribution in [2.75, 3.05) is 6.61 Å². The van der Waals surface area contributed by atoms with Crippen LogP contribution in [0.3, 0.4) is 0 Å². The minimum atomic E-state index is -0.994. The quantitative estimate of drug-likeness (QED) is 0.0995. The number of unbranched alkanes of at least 4 members (excludes halogenated alkanes) is 3. The number of benzene rings is 2. The number of fused-ring (bicyclic) bond motifs is 4. The average molecular weight is 780 g/mol. The molecule has 4 amide bonds. The highest BCUT2D eigenvalue weighted by molar-refractivity contribution is 6.23. The number of amides is 4. The molecule has 294 valence electrons. The van der Waals surface area contributed by atoms with Crippen LogP contribution >= 0.6 is 0 Å². The number of pyridine rings is 2. The molecule has 1 N–H and O–H groups in total. The lowest BCUT2D eigenvalue weighted by Crippen LogP contribution is -2.54. The van der Waals surface area contributed by atoms with Gasteiger partial charge in [0.05, 0.1) is 35.6 Å². The molecule has 1 saturated heterocycles. The molecule has 14 heteroatoms. The first-order valence-electron chi connectivity index (χ1n) is 19.7. The summed E-state index contributed by atoms with van der Waals surface area (Å²) >= 11 is 0. The molecule has 1 saturated carbocycles. The summed E-state index contributed by atoms with van der Waals surface area (Å²) in [4.78, 5) is 68.6. The van der Waals surface area contributed by atoms with E-state index in [0.717, 1.165) is 83.2 Å². The predicted molar refractivity (Wildman–Crippen MR) is 212 cm³/mol. The molecule has 1 unspecified atom stereocenters. The molecule has 0 bridgehead atoms. The Balaban J connectivity index is 0.664. The van der Waals surface area contributed by atoms with Crippen LogP contribution in [0.4, 0.5) is 0 Å². The van der Waals surface area contributed by atoms with Crippen LogP contribution in [-0.4, -0.2) is 77.9 Å². The lowest BCUT2D eigenvalue weighted by molar-refractivity contribution is -0.136. The van der Waals surface area contributed by atoms with E-state index < -0.39 is 29.7 Å². The Morgan fingerprint density at radius 2 is 1.52 bits per heavy atom. The van der Waals surface area contributed by atoms with Crippen molar-refractivity contribution in [3.05, 3.63) is 103 Å². The molecule has 2 aromatic carbocycles. The van der Waals surface area contributed by atoms with Crippen molar-refractivity contribution in [1.29, 1.82) is 0 Å². The minimum absolute atomic E-state index is 0.0378. The summed E-state index contributed by atoms with van der Waals surface area (Å²) in [6.07, 6.45) is 15.3. The van der Waals surface area contributed by atoms with Crippen LogP contribution in [0.5, 0.6) is 17.4 Å². The van der Waals surface area contributed by atoms with Gasteiger partial charge in [-0.2, -0.15) is 0 Å². The maximum atomic E-state index is 13.0. The number of nitrogens with zero attached hydrogens (tertiary/aromatic N) is 6. The molecule has 1 aliphatic carbocycles. The average Bonchev–Trinajstić information content (AvgIpc) is 3.65. The van der Waals surface area contributed by atoms with Gasteiger partial charge in [-0.05, 0) is 61.2 Å².